The highest BCUT2D eigenvalue weighted by Gasteiger charge is 2.31. The number of hydrogen-bond donors (Lipinski definition) is 3. The van der Waals surface area contributed by atoms with Gasteiger partial charge in [-0.3, -0.25) is 0 Å². The number of phenols is 1. The van der Waals surface area contributed by atoms with Crippen molar-refractivity contribution in [3.8, 4) is 5.75 Å². The topological polar surface area (TPSA) is 83.5 Å². The molecule has 0 heterocycles. The van der Waals surface area contributed by atoms with E-state index in [2.05, 4.69) is 0 Å². The first kappa shape index (κ1) is 10.8. The fourth-order valence-corrected chi connectivity index (χ4v) is 1.14. The molecule has 0 aliphatic carbocycles. The molecule has 0 aliphatic heterocycles. The summed E-state index contributed by atoms with van der Waals surface area (Å²) in [7, 11) is 0. The van der Waals surface area contributed by atoms with Gasteiger partial charge in [0, 0.05) is 6.42 Å². The monoisotopic (exact) mass is 215 g/mol. The van der Waals surface area contributed by atoms with Gasteiger partial charge < -0.3 is 15.9 Å². The van der Waals surface area contributed by atoms with Gasteiger partial charge >= 0.3 is 5.97 Å². The van der Waals surface area contributed by atoms with Crippen molar-refractivity contribution < 1.29 is 15.0 Å². The Hall–Kier alpha value is -1.26. The van der Waals surface area contributed by atoms with Crippen LogP contribution in [0.15, 0.2) is 24.3 Å². The van der Waals surface area contributed by atoms with E-state index in [0.717, 1.165) is 0 Å². The Morgan fingerprint density at radius 1 is 1.43 bits per heavy atom. The van der Waals surface area contributed by atoms with Crippen LogP contribution in [0.25, 0.3) is 0 Å². The minimum atomic E-state index is -1.79. The van der Waals surface area contributed by atoms with E-state index in [1.165, 1.54) is 12.1 Å². The first-order valence-electron chi connectivity index (χ1n) is 3.91. The minimum Gasteiger partial charge on any atom is -0.508 e. The van der Waals surface area contributed by atoms with Crippen molar-refractivity contribution in [1.82, 2.24) is 0 Å². The summed E-state index contributed by atoms with van der Waals surface area (Å²) >= 11 is 5.56. The third kappa shape index (κ3) is 2.61. The summed E-state index contributed by atoms with van der Waals surface area (Å²) < 4.78 is 0. The molecule has 0 aromatic heterocycles. The number of halogens is 1. The fourth-order valence-electron chi connectivity index (χ4n) is 0.986. The summed E-state index contributed by atoms with van der Waals surface area (Å²) in [5, 5.41) is 17.6. The van der Waals surface area contributed by atoms with Crippen molar-refractivity contribution in [1.29, 1.82) is 0 Å². The molecule has 1 aromatic rings. The molecule has 0 amide bonds. The molecule has 0 unspecified atom stereocenters. The lowest BCUT2D eigenvalue weighted by Gasteiger charge is -2.16. The Morgan fingerprint density at radius 3 is 2.36 bits per heavy atom. The molecule has 0 spiro atoms. The fraction of sp³-hybridized carbons (Fsp3) is 0.222. The standard InChI is InChI=1S/C9H10ClNO3/c10-9(11,8(13)14)5-6-1-3-7(12)4-2-6/h1-4,12H,5,11H2,(H,13,14)/t9-/m0/s1. The molecule has 4 nitrogen and oxygen atoms in total. The molecule has 0 aliphatic rings. The Balaban J connectivity index is 2.79. The first-order chi connectivity index (χ1) is 6.42. The Bertz CT molecular complexity index is 334. The van der Waals surface area contributed by atoms with E-state index in [-0.39, 0.29) is 12.2 Å². The lowest BCUT2D eigenvalue weighted by molar-refractivity contribution is -0.140. The summed E-state index contributed by atoms with van der Waals surface area (Å²) in [4.78, 5) is 8.79. The van der Waals surface area contributed by atoms with Gasteiger partial charge in [0.15, 0.2) is 5.00 Å². The zero-order chi connectivity index (χ0) is 10.8. The largest absolute Gasteiger partial charge is 0.508 e. The number of nitrogens with two attached hydrogens (primary N) is 1. The van der Waals surface area contributed by atoms with E-state index in [9.17, 15) is 4.79 Å². The SMILES string of the molecule is N[C@@](Cl)(Cc1ccc(O)cc1)C(=O)O. The highest BCUT2D eigenvalue weighted by atomic mass is 35.5. The number of phenolic OH excluding ortho intramolecular Hbond substituents is 1. The number of rotatable bonds is 3. The highest BCUT2D eigenvalue weighted by Crippen LogP contribution is 2.17. The number of carboxylic acid groups (broad SMARTS) is 1. The summed E-state index contributed by atoms with van der Waals surface area (Å²) in [6.07, 6.45) is 0.00414. The van der Waals surface area contributed by atoms with Crippen LogP contribution in [0, 0.1) is 0 Å². The van der Waals surface area contributed by atoms with Crippen molar-refractivity contribution >= 4 is 17.6 Å². The predicted octanol–water partition coefficient (Wildman–Crippen LogP) is 0.913. The molecule has 0 saturated carbocycles. The zero-order valence-corrected chi connectivity index (χ0v) is 8.03. The molecule has 5 heteroatoms. The molecular formula is C9H10ClNO3. The van der Waals surface area contributed by atoms with Crippen LogP contribution in [0.2, 0.25) is 0 Å². The number of hydrogen-bond acceptors (Lipinski definition) is 3. The maximum atomic E-state index is 10.6. The van der Waals surface area contributed by atoms with Crippen LogP contribution >= 0.6 is 11.6 Å². The van der Waals surface area contributed by atoms with Crippen molar-refractivity contribution in [2.75, 3.05) is 0 Å². The van der Waals surface area contributed by atoms with Crippen LogP contribution in [0.5, 0.6) is 5.75 Å². The average Bonchev–Trinajstić information content (AvgIpc) is 2.08. The molecule has 76 valence electrons. The summed E-state index contributed by atoms with van der Waals surface area (Å²) in [6, 6.07) is 6.04. The van der Waals surface area contributed by atoms with Crippen molar-refractivity contribution in [3.05, 3.63) is 29.8 Å². The lowest BCUT2D eigenvalue weighted by atomic mass is 10.1. The van der Waals surface area contributed by atoms with Gasteiger partial charge in [-0.05, 0) is 17.7 Å². The number of carboxylic acids is 1. The Labute approximate surface area is 85.9 Å². The number of carbonyl (C=O) groups is 1. The van der Waals surface area contributed by atoms with E-state index >= 15 is 0 Å². The smallest absolute Gasteiger partial charge is 0.339 e. The van der Waals surface area contributed by atoms with Crippen LogP contribution in [-0.4, -0.2) is 21.2 Å². The second-order valence-electron chi connectivity index (χ2n) is 3.01. The quantitative estimate of drug-likeness (QED) is 0.517. The molecular weight excluding hydrogens is 206 g/mol. The van der Waals surface area contributed by atoms with Gasteiger partial charge in [0.1, 0.15) is 5.75 Å². The summed E-state index contributed by atoms with van der Waals surface area (Å²) in [5.41, 5.74) is 5.99. The van der Waals surface area contributed by atoms with E-state index in [1.807, 2.05) is 0 Å². The van der Waals surface area contributed by atoms with Gasteiger partial charge in [0.2, 0.25) is 0 Å². The Kier molecular flexibility index (Phi) is 2.98. The highest BCUT2D eigenvalue weighted by molar-refractivity contribution is 6.33. The van der Waals surface area contributed by atoms with Crippen LogP contribution < -0.4 is 5.73 Å². The van der Waals surface area contributed by atoms with E-state index in [1.54, 1.807) is 12.1 Å². The molecule has 0 fully saturated rings. The van der Waals surface area contributed by atoms with Crippen LogP contribution in [0.1, 0.15) is 5.56 Å². The van der Waals surface area contributed by atoms with Crippen molar-refractivity contribution in [3.63, 3.8) is 0 Å². The molecule has 14 heavy (non-hydrogen) atoms. The van der Waals surface area contributed by atoms with Gasteiger partial charge in [-0.25, -0.2) is 4.79 Å². The third-order valence-corrected chi connectivity index (χ3v) is 2.05. The maximum absolute atomic E-state index is 10.6. The molecule has 0 radical (unpaired) electrons. The molecule has 1 rings (SSSR count). The second-order valence-corrected chi connectivity index (χ2v) is 3.69. The first-order valence-corrected chi connectivity index (χ1v) is 4.29. The van der Waals surface area contributed by atoms with E-state index in [0.29, 0.717) is 5.56 Å². The summed E-state index contributed by atoms with van der Waals surface area (Å²) in [5.74, 6) is -1.16. The third-order valence-electron chi connectivity index (χ3n) is 1.75. The van der Waals surface area contributed by atoms with Gasteiger partial charge in [-0.1, -0.05) is 23.7 Å². The van der Waals surface area contributed by atoms with Crippen molar-refractivity contribution in [2.24, 2.45) is 5.73 Å². The van der Waals surface area contributed by atoms with Crippen LogP contribution in [0.3, 0.4) is 0 Å². The molecule has 1 atom stereocenters. The maximum Gasteiger partial charge on any atom is 0.339 e. The number of aliphatic carboxylic acids is 1. The number of benzene rings is 1. The molecule has 1 aromatic carbocycles. The Morgan fingerprint density at radius 2 is 1.93 bits per heavy atom. The lowest BCUT2D eigenvalue weighted by Crippen LogP contribution is -2.44. The van der Waals surface area contributed by atoms with Gasteiger partial charge in [-0.2, -0.15) is 0 Å². The predicted molar refractivity (Wildman–Crippen MR) is 52.2 cm³/mol. The van der Waals surface area contributed by atoms with Gasteiger partial charge in [0.25, 0.3) is 0 Å². The van der Waals surface area contributed by atoms with E-state index in [4.69, 9.17) is 27.5 Å². The van der Waals surface area contributed by atoms with Crippen LogP contribution in [-0.2, 0) is 11.2 Å². The molecule has 4 N–H and O–H groups in total. The minimum absolute atomic E-state index is 0.00414. The number of aromatic hydroxyl groups is 1. The normalized spacial score (nSPS) is 14.7. The second kappa shape index (κ2) is 3.86. The van der Waals surface area contributed by atoms with Crippen LogP contribution in [0.4, 0.5) is 0 Å². The zero-order valence-electron chi connectivity index (χ0n) is 7.27. The van der Waals surface area contributed by atoms with E-state index < -0.39 is 11.0 Å². The van der Waals surface area contributed by atoms with Gasteiger partial charge in [-0.15, -0.1) is 0 Å². The molecule has 0 saturated heterocycles. The summed E-state index contributed by atoms with van der Waals surface area (Å²) in [6.45, 7) is 0. The average molecular weight is 216 g/mol. The van der Waals surface area contributed by atoms with Gasteiger partial charge in [0.05, 0.1) is 0 Å². The number of alkyl halides is 1. The van der Waals surface area contributed by atoms with Crippen molar-refractivity contribution in [2.45, 2.75) is 11.4 Å². The molecule has 0 bridgehead atoms.